The predicted octanol–water partition coefficient (Wildman–Crippen LogP) is 3.88. The molecule has 0 atom stereocenters. The van der Waals surface area contributed by atoms with E-state index in [4.69, 9.17) is 15.7 Å². The molecule has 1 aromatic carbocycles. The first-order valence-corrected chi connectivity index (χ1v) is 8.59. The molecular weight excluding hydrogens is 373 g/mol. The number of nitriles is 1. The highest BCUT2D eigenvalue weighted by molar-refractivity contribution is 6.19. The minimum absolute atomic E-state index is 0.0398. The zero-order valence-electron chi connectivity index (χ0n) is 15.2. The number of halogens is 1. The van der Waals surface area contributed by atoms with Crippen molar-refractivity contribution in [3.63, 3.8) is 0 Å². The normalized spacial score (nSPS) is 10.7. The monoisotopic (exact) mass is 387 g/mol. The third-order valence-electron chi connectivity index (χ3n) is 4.49. The van der Waals surface area contributed by atoms with Crippen molar-refractivity contribution in [2.75, 3.05) is 5.73 Å². The standard InChI is InChI=1S/C21H14FN5O2/c1-11-6-17(29-16-5-3-2-4-15(16)22)25-9-13(11)20(28)14-10-27-21-18(14)19(24)12(7-23)8-26-21/h2-6,8-10H,1H3,(H3,24,26,27). The summed E-state index contributed by atoms with van der Waals surface area (Å²) in [5.41, 5.74) is 8.04. The molecular formula is C21H14FN5O2. The third-order valence-corrected chi connectivity index (χ3v) is 4.49. The second-order valence-electron chi connectivity index (χ2n) is 6.32. The number of aromatic amines is 1. The fraction of sp³-hybridized carbons (Fsp3) is 0.0476. The van der Waals surface area contributed by atoms with Crippen LogP contribution in [0.15, 0.2) is 48.9 Å². The van der Waals surface area contributed by atoms with Gasteiger partial charge in [-0.15, -0.1) is 0 Å². The number of benzene rings is 1. The minimum atomic E-state index is -0.512. The molecule has 0 amide bonds. The van der Waals surface area contributed by atoms with E-state index in [1.54, 1.807) is 25.1 Å². The molecule has 3 heterocycles. The number of aromatic nitrogens is 3. The number of aryl methyl sites for hydroxylation is 1. The third kappa shape index (κ3) is 3.15. The van der Waals surface area contributed by atoms with E-state index >= 15 is 0 Å². The number of fused-ring (bicyclic) bond motifs is 1. The average molecular weight is 387 g/mol. The molecule has 0 radical (unpaired) electrons. The molecule has 3 N–H and O–H groups in total. The average Bonchev–Trinajstić information content (AvgIpc) is 3.15. The number of nitrogens with zero attached hydrogens (tertiary/aromatic N) is 3. The second-order valence-corrected chi connectivity index (χ2v) is 6.32. The number of para-hydroxylation sites is 1. The van der Waals surface area contributed by atoms with Crippen molar-refractivity contribution in [2.24, 2.45) is 0 Å². The van der Waals surface area contributed by atoms with Gasteiger partial charge in [0.25, 0.3) is 0 Å². The van der Waals surface area contributed by atoms with Crippen molar-refractivity contribution in [1.82, 2.24) is 15.0 Å². The van der Waals surface area contributed by atoms with Crippen LogP contribution in [-0.2, 0) is 0 Å². The maximum absolute atomic E-state index is 13.8. The lowest BCUT2D eigenvalue weighted by atomic mass is 10.00. The molecule has 0 saturated carbocycles. The van der Waals surface area contributed by atoms with Crippen LogP contribution in [-0.4, -0.2) is 20.7 Å². The summed E-state index contributed by atoms with van der Waals surface area (Å²) in [5.74, 6) is -0.640. The number of carbonyl (C=O) groups excluding carboxylic acids is 1. The maximum Gasteiger partial charge on any atom is 0.219 e. The van der Waals surface area contributed by atoms with Crippen molar-refractivity contribution >= 4 is 22.5 Å². The molecule has 29 heavy (non-hydrogen) atoms. The predicted molar refractivity (Wildman–Crippen MR) is 104 cm³/mol. The van der Waals surface area contributed by atoms with Crippen LogP contribution < -0.4 is 10.5 Å². The Morgan fingerprint density at radius 1 is 1.24 bits per heavy atom. The highest BCUT2D eigenvalue weighted by atomic mass is 19.1. The van der Waals surface area contributed by atoms with Gasteiger partial charge in [-0.1, -0.05) is 12.1 Å². The first-order valence-electron chi connectivity index (χ1n) is 8.59. The van der Waals surface area contributed by atoms with Crippen LogP contribution in [0, 0.1) is 24.1 Å². The summed E-state index contributed by atoms with van der Waals surface area (Å²) in [7, 11) is 0. The number of ketones is 1. The molecule has 0 unspecified atom stereocenters. The van der Waals surface area contributed by atoms with Gasteiger partial charge < -0.3 is 15.5 Å². The molecule has 8 heteroatoms. The van der Waals surface area contributed by atoms with E-state index in [0.717, 1.165) is 0 Å². The van der Waals surface area contributed by atoms with E-state index in [9.17, 15) is 9.18 Å². The van der Waals surface area contributed by atoms with E-state index in [-0.39, 0.29) is 34.2 Å². The Morgan fingerprint density at radius 2 is 2.03 bits per heavy atom. The molecule has 3 aromatic heterocycles. The van der Waals surface area contributed by atoms with Gasteiger partial charge in [-0.2, -0.15) is 5.26 Å². The van der Waals surface area contributed by atoms with E-state index in [2.05, 4.69) is 15.0 Å². The highest BCUT2D eigenvalue weighted by Gasteiger charge is 2.21. The fourth-order valence-electron chi connectivity index (χ4n) is 3.00. The lowest BCUT2D eigenvalue weighted by Crippen LogP contribution is -2.06. The number of hydrogen-bond donors (Lipinski definition) is 2. The molecule has 142 valence electrons. The van der Waals surface area contributed by atoms with Crippen LogP contribution in [0.2, 0.25) is 0 Å². The number of rotatable bonds is 4. The quantitative estimate of drug-likeness (QED) is 0.513. The number of carbonyl (C=O) groups is 1. The van der Waals surface area contributed by atoms with Crippen molar-refractivity contribution in [1.29, 1.82) is 5.26 Å². The largest absolute Gasteiger partial charge is 0.436 e. The summed E-state index contributed by atoms with van der Waals surface area (Å²) in [6.45, 7) is 1.72. The summed E-state index contributed by atoms with van der Waals surface area (Å²) in [5, 5.41) is 9.55. The van der Waals surface area contributed by atoms with Crippen LogP contribution in [0.5, 0.6) is 11.6 Å². The molecule has 7 nitrogen and oxygen atoms in total. The van der Waals surface area contributed by atoms with E-state index in [1.807, 2.05) is 6.07 Å². The fourth-order valence-corrected chi connectivity index (χ4v) is 3.00. The zero-order chi connectivity index (χ0) is 20.5. The molecule has 0 aliphatic carbocycles. The van der Waals surface area contributed by atoms with E-state index < -0.39 is 5.82 Å². The summed E-state index contributed by atoms with van der Waals surface area (Å²) >= 11 is 0. The molecule has 0 aliphatic heterocycles. The van der Waals surface area contributed by atoms with E-state index in [0.29, 0.717) is 22.2 Å². The lowest BCUT2D eigenvalue weighted by Gasteiger charge is -2.09. The van der Waals surface area contributed by atoms with Gasteiger partial charge in [0.1, 0.15) is 11.7 Å². The number of H-pyrrole nitrogens is 1. The van der Waals surface area contributed by atoms with Crippen molar-refractivity contribution in [3.05, 3.63) is 77.0 Å². The van der Waals surface area contributed by atoms with Gasteiger partial charge in [0.15, 0.2) is 17.3 Å². The second kappa shape index (κ2) is 7.05. The number of anilines is 1. The summed E-state index contributed by atoms with van der Waals surface area (Å²) in [6.07, 6.45) is 4.22. The van der Waals surface area contributed by atoms with Gasteiger partial charge in [0.05, 0.1) is 22.2 Å². The smallest absolute Gasteiger partial charge is 0.219 e. The Balaban J connectivity index is 1.71. The molecule has 0 fully saturated rings. The van der Waals surface area contributed by atoms with Gasteiger partial charge in [-0.3, -0.25) is 4.79 Å². The van der Waals surface area contributed by atoms with Gasteiger partial charge in [-0.05, 0) is 24.6 Å². The Bertz CT molecular complexity index is 1310. The van der Waals surface area contributed by atoms with Gasteiger partial charge >= 0.3 is 0 Å². The topological polar surface area (TPSA) is 118 Å². The molecule has 0 spiro atoms. The summed E-state index contributed by atoms with van der Waals surface area (Å²) in [6, 6.07) is 9.48. The Morgan fingerprint density at radius 3 is 2.76 bits per heavy atom. The van der Waals surface area contributed by atoms with Crippen molar-refractivity contribution < 1.29 is 13.9 Å². The molecule has 4 rings (SSSR count). The highest BCUT2D eigenvalue weighted by Crippen LogP contribution is 2.29. The lowest BCUT2D eigenvalue weighted by molar-refractivity contribution is 0.103. The first kappa shape index (κ1) is 18.1. The van der Waals surface area contributed by atoms with Gasteiger partial charge in [-0.25, -0.2) is 14.4 Å². The number of ether oxygens (including phenoxy) is 1. The number of nitrogens with one attached hydrogen (secondary N) is 1. The molecule has 0 bridgehead atoms. The molecule has 0 saturated heterocycles. The molecule has 4 aromatic rings. The molecule has 0 aliphatic rings. The van der Waals surface area contributed by atoms with Gasteiger partial charge in [0, 0.05) is 30.2 Å². The zero-order valence-corrected chi connectivity index (χ0v) is 15.2. The number of nitrogens with two attached hydrogens (primary N) is 1. The van der Waals surface area contributed by atoms with E-state index in [1.165, 1.54) is 30.7 Å². The Labute approximate surface area is 164 Å². The minimum Gasteiger partial charge on any atom is -0.436 e. The van der Waals surface area contributed by atoms with Crippen LogP contribution >= 0.6 is 0 Å². The summed E-state index contributed by atoms with van der Waals surface area (Å²) in [4.78, 5) is 24.2. The SMILES string of the molecule is Cc1cc(Oc2ccccc2F)ncc1C(=O)c1c[nH]c2ncc(C#N)c(N)c12. The number of hydrogen-bond acceptors (Lipinski definition) is 6. The van der Waals surface area contributed by atoms with Crippen LogP contribution in [0.3, 0.4) is 0 Å². The Kier molecular flexibility index (Phi) is 4.41. The van der Waals surface area contributed by atoms with Crippen LogP contribution in [0.1, 0.15) is 27.0 Å². The van der Waals surface area contributed by atoms with Crippen molar-refractivity contribution in [2.45, 2.75) is 6.92 Å². The Hall–Kier alpha value is -4.25. The number of pyridine rings is 2. The summed E-state index contributed by atoms with van der Waals surface area (Å²) < 4.78 is 19.2. The van der Waals surface area contributed by atoms with Crippen molar-refractivity contribution in [3.8, 4) is 17.7 Å². The van der Waals surface area contributed by atoms with Gasteiger partial charge in [0.2, 0.25) is 5.88 Å². The number of nitrogen functional groups attached to an aromatic ring is 1. The van der Waals surface area contributed by atoms with Crippen LogP contribution in [0.25, 0.3) is 11.0 Å². The maximum atomic E-state index is 13.8. The van der Waals surface area contributed by atoms with Crippen LogP contribution in [0.4, 0.5) is 10.1 Å². The first-order chi connectivity index (χ1) is 14.0.